The molecule has 1 aliphatic heterocycles. The second-order valence-electron chi connectivity index (χ2n) is 8.49. The fourth-order valence-electron chi connectivity index (χ4n) is 4.32. The van der Waals surface area contributed by atoms with Gasteiger partial charge in [0.25, 0.3) is 5.56 Å². The van der Waals surface area contributed by atoms with Gasteiger partial charge in [-0.05, 0) is 48.2 Å². The van der Waals surface area contributed by atoms with Gasteiger partial charge in [-0.25, -0.2) is 4.68 Å². The molecule has 1 aliphatic rings. The van der Waals surface area contributed by atoms with E-state index >= 15 is 0 Å². The van der Waals surface area contributed by atoms with Gasteiger partial charge in [0.05, 0.1) is 11.6 Å². The molecule has 2 heterocycles. The van der Waals surface area contributed by atoms with E-state index in [-0.39, 0.29) is 16.3 Å². The van der Waals surface area contributed by atoms with Crippen LogP contribution in [0.4, 0.5) is 5.69 Å². The molecule has 8 heteroatoms. The van der Waals surface area contributed by atoms with Crippen LogP contribution in [0, 0.1) is 0 Å². The number of benzene rings is 3. The fourth-order valence-corrected chi connectivity index (χ4v) is 5.43. The summed E-state index contributed by atoms with van der Waals surface area (Å²) in [7, 11) is 0. The molecule has 1 unspecified atom stereocenters. The van der Waals surface area contributed by atoms with Crippen LogP contribution in [0.1, 0.15) is 30.0 Å². The summed E-state index contributed by atoms with van der Waals surface area (Å²) in [6.45, 7) is 1.53. The van der Waals surface area contributed by atoms with Crippen molar-refractivity contribution in [2.45, 2.75) is 34.7 Å². The largest absolute Gasteiger partial charge is 0.493 e. The SMILES string of the molecule is O=c1[nH]n(C(c2ccccc2)c2ccc(N[C@@H]3CCCOC3)cc2)c(O)c1Sc1ccccc1Cl. The van der Waals surface area contributed by atoms with Crippen LogP contribution >= 0.6 is 23.4 Å². The van der Waals surface area contributed by atoms with Crippen molar-refractivity contribution in [2.75, 3.05) is 18.5 Å². The van der Waals surface area contributed by atoms with Crippen LogP contribution in [0.15, 0.2) is 93.4 Å². The van der Waals surface area contributed by atoms with Crippen LogP contribution in [0.2, 0.25) is 5.02 Å². The van der Waals surface area contributed by atoms with Crippen molar-refractivity contribution >= 4 is 29.1 Å². The minimum atomic E-state index is -0.420. The molecule has 35 heavy (non-hydrogen) atoms. The molecule has 6 nitrogen and oxygen atoms in total. The van der Waals surface area contributed by atoms with E-state index in [0.717, 1.165) is 48.0 Å². The van der Waals surface area contributed by atoms with E-state index in [1.54, 1.807) is 6.07 Å². The Labute approximate surface area is 212 Å². The summed E-state index contributed by atoms with van der Waals surface area (Å²) in [6.07, 6.45) is 2.14. The summed E-state index contributed by atoms with van der Waals surface area (Å²) in [6, 6.07) is 25.0. The summed E-state index contributed by atoms with van der Waals surface area (Å²) < 4.78 is 7.09. The van der Waals surface area contributed by atoms with Gasteiger partial charge in [0.1, 0.15) is 10.9 Å². The molecule has 0 radical (unpaired) electrons. The lowest BCUT2D eigenvalue weighted by molar-refractivity contribution is 0.0876. The predicted molar refractivity (Wildman–Crippen MR) is 140 cm³/mol. The van der Waals surface area contributed by atoms with Crippen molar-refractivity contribution < 1.29 is 9.84 Å². The van der Waals surface area contributed by atoms with Gasteiger partial charge >= 0.3 is 0 Å². The van der Waals surface area contributed by atoms with E-state index < -0.39 is 6.04 Å². The maximum atomic E-state index is 12.9. The van der Waals surface area contributed by atoms with Gasteiger partial charge in [-0.2, -0.15) is 0 Å². The van der Waals surface area contributed by atoms with Crippen LogP contribution in [-0.2, 0) is 4.74 Å². The maximum Gasteiger partial charge on any atom is 0.282 e. The van der Waals surface area contributed by atoms with E-state index in [2.05, 4.69) is 10.4 Å². The van der Waals surface area contributed by atoms with Gasteiger partial charge < -0.3 is 15.2 Å². The van der Waals surface area contributed by atoms with Crippen molar-refractivity contribution in [3.8, 4) is 5.88 Å². The van der Waals surface area contributed by atoms with E-state index in [1.165, 1.54) is 4.68 Å². The van der Waals surface area contributed by atoms with Gasteiger partial charge in [-0.1, -0.05) is 78.0 Å². The minimum Gasteiger partial charge on any atom is -0.493 e. The van der Waals surface area contributed by atoms with Crippen molar-refractivity contribution in [3.05, 3.63) is 105 Å². The first-order valence-electron chi connectivity index (χ1n) is 11.5. The van der Waals surface area contributed by atoms with Gasteiger partial charge in [0.15, 0.2) is 0 Å². The lowest BCUT2D eigenvalue weighted by Crippen LogP contribution is -2.29. The molecule has 0 aliphatic carbocycles. The third-order valence-corrected chi connectivity index (χ3v) is 7.63. The average Bonchev–Trinajstić information content (AvgIpc) is 3.16. The predicted octanol–water partition coefficient (Wildman–Crippen LogP) is 5.92. The molecule has 2 atom stereocenters. The number of nitrogens with zero attached hydrogens (tertiary/aromatic N) is 1. The molecule has 0 saturated carbocycles. The van der Waals surface area contributed by atoms with Gasteiger partial charge in [-0.3, -0.25) is 9.89 Å². The molecular weight excluding hydrogens is 482 g/mol. The summed E-state index contributed by atoms with van der Waals surface area (Å²) in [5, 5.41) is 18.1. The smallest absolute Gasteiger partial charge is 0.282 e. The van der Waals surface area contributed by atoms with Gasteiger partial charge in [-0.15, -0.1) is 0 Å². The highest BCUT2D eigenvalue weighted by Crippen LogP contribution is 2.38. The van der Waals surface area contributed by atoms with Crippen LogP contribution in [0.3, 0.4) is 0 Å². The standard InChI is InChI=1S/C27H26ClN3O3S/c28-22-10-4-5-11-23(22)35-25-26(32)30-31(27(25)33)24(18-7-2-1-3-8-18)19-12-14-20(15-13-19)29-21-9-6-16-34-17-21/h1-5,7-8,10-15,21,24,29,33H,6,9,16-17H2,(H,30,32)/t21-,24?/m1/s1. The first-order chi connectivity index (χ1) is 17.1. The monoisotopic (exact) mass is 507 g/mol. The highest BCUT2D eigenvalue weighted by Gasteiger charge is 2.25. The topological polar surface area (TPSA) is 79.3 Å². The normalized spacial score (nSPS) is 16.7. The summed E-state index contributed by atoms with van der Waals surface area (Å²) in [5.74, 6) is -0.129. The van der Waals surface area contributed by atoms with E-state index in [0.29, 0.717) is 22.6 Å². The second-order valence-corrected chi connectivity index (χ2v) is 9.95. The number of nitrogens with one attached hydrogen (secondary N) is 2. The van der Waals surface area contributed by atoms with Crippen molar-refractivity contribution in [3.63, 3.8) is 0 Å². The Morgan fingerprint density at radius 1 is 1.03 bits per heavy atom. The third-order valence-electron chi connectivity index (χ3n) is 6.04. The Balaban J connectivity index is 1.49. The molecule has 0 bridgehead atoms. The van der Waals surface area contributed by atoms with E-state index in [1.807, 2.05) is 72.8 Å². The Morgan fingerprint density at radius 3 is 2.46 bits per heavy atom. The second kappa shape index (κ2) is 10.6. The first-order valence-corrected chi connectivity index (χ1v) is 12.7. The van der Waals surface area contributed by atoms with Crippen LogP contribution in [0.5, 0.6) is 5.88 Å². The zero-order valence-corrected chi connectivity index (χ0v) is 20.6. The number of rotatable bonds is 7. The highest BCUT2D eigenvalue weighted by molar-refractivity contribution is 7.99. The number of aromatic hydroxyl groups is 1. The number of H-pyrrole nitrogens is 1. The third kappa shape index (κ3) is 5.27. The van der Waals surface area contributed by atoms with Crippen LogP contribution in [0.25, 0.3) is 0 Å². The molecule has 1 aromatic heterocycles. The number of anilines is 1. The van der Waals surface area contributed by atoms with Crippen LogP contribution in [-0.4, -0.2) is 34.1 Å². The molecule has 1 fully saturated rings. The summed E-state index contributed by atoms with van der Waals surface area (Å²) >= 11 is 7.44. The highest BCUT2D eigenvalue weighted by atomic mass is 35.5. The van der Waals surface area contributed by atoms with Crippen molar-refractivity contribution in [1.29, 1.82) is 0 Å². The summed E-state index contributed by atoms with van der Waals surface area (Å²) in [4.78, 5) is 13.8. The zero-order chi connectivity index (χ0) is 24.2. The molecule has 0 spiro atoms. The zero-order valence-electron chi connectivity index (χ0n) is 19.0. The number of aromatic nitrogens is 2. The van der Waals surface area contributed by atoms with Crippen molar-refractivity contribution in [1.82, 2.24) is 9.78 Å². The molecule has 4 aromatic rings. The minimum absolute atomic E-state index is 0.129. The molecule has 0 amide bonds. The first kappa shape index (κ1) is 23.6. The molecule has 180 valence electrons. The molecule has 3 aromatic carbocycles. The lowest BCUT2D eigenvalue weighted by Gasteiger charge is -2.25. The Hall–Kier alpha value is -3.13. The van der Waals surface area contributed by atoms with E-state index in [9.17, 15) is 9.90 Å². The van der Waals surface area contributed by atoms with Gasteiger partial charge in [0, 0.05) is 23.2 Å². The fraction of sp³-hybridized carbons (Fsp3) is 0.222. The molecule has 1 saturated heterocycles. The summed E-state index contributed by atoms with van der Waals surface area (Å²) in [5.41, 5.74) is 2.50. The number of aromatic amines is 1. The molecule has 5 rings (SSSR count). The van der Waals surface area contributed by atoms with Crippen LogP contribution < -0.4 is 10.9 Å². The number of halogens is 1. The quantitative estimate of drug-likeness (QED) is 0.289. The lowest BCUT2D eigenvalue weighted by atomic mass is 9.98. The van der Waals surface area contributed by atoms with Gasteiger partial charge in [0.2, 0.25) is 5.88 Å². The number of hydrogen-bond acceptors (Lipinski definition) is 5. The molecule has 3 N–H and O–H groups in total. The number of hydrogen-bond donors (Lipinski definition) is 3. The van der Waals surface area contributed by atoms with Crippen molar-refractivity contribution in [2.24, 2.45) is 0 Å². The van der Waals surface area contributed by atoms with E-state index in [4.69, 9.17) is 16.3 Å². The maximum absolute atomic E-state index is 12.9. The Bertz CT molecular complexity index is 1330. The Morgan fingerprint density at radius 2 is 1.74 bits per heavy atom. The number of ether oxygens (including phenoxy) is 1. The Kier molecular flexibility index (Phi) is 7.18. The average molecular weight is 508 g/mol. The molecular formula is C27H26ClN3O3S.